The summed E-state index contributed by atoms with van der Waals surface area (Å²) < 4.78 is 6.87. The first-order valence-corrected chi connectivity index (χ1v) is 10.8. The lowest BCUT2D eigenvalue weighted by molar-refractivity contribution is -0.119. The number of rotatable bonds is 5. The Morgan fingerprint density at radius 2 is 2.26 bits per heavy atom. The normalized spacial score (nSPS) is 14.9. The summed E-state index contributed by atoms with van der Waals surface area (Å²) in [5, 5.41) is 4.25. The van der Waals surface area contributed by atoms with Crippen LogP contribution in [0.5, 0.6) is 0 Å². The van der Waals surface area contributed by atoms with Gasteiger partial charge in [0, 0.05) is 11.9 Å². The summed E-state index contributed by atoms with van der Waals surface area (Å²) in [6, 6.07) is 3.43. The highest BCUT2D eigenvalue weighted by Gasteiger charge is 2.21. The number of aryl methyl sites for hydroxylation is 2. The molecule has 0 aliphatic heterocycles. The summed E-state index contributed by atoms with van der Waals surface area (Å²) in [6.45, 7) is 1.87. The van der Waals surface area contributed by atoms with Crippen LogP contribution in [0.1, 0.15) is 42.0 Å². The Hall–Kier alpha value is -2.06. The number of nitrogens with zero attached hydrogens (tertiary/aromatic N) is 2. The number of hydrogen-bond acceptors (Lipinski definition) is 6. The highest BCUT2D eigenvalue weighted by atomic mass is 32.2. The Labute approximate surface area is 165 Å². The van der Waals surface area contributed by atoms with E-state index < -0.39 is 0 Å². The topological polar surface area (TPSA) is 77.1 Å². The number of carbonyl (C=O) groups excluding carboxylic acids is 1. The van der Waals surface area contributed by atoms with Gasteiger partial charge in [-0.15, -0.1) is 11.3 Å². The molecule has 0 fully saturated rings. The Morgan fingerprint density at radius 3 is 3.04 bits per heavy atom. The number of amides is 1. The zero-order chi connectivity index (χ0) is 19.0. The van der Waals surface area contributed by atoms with Crippen molar-refractivity contribution < 1.29 is 9.21 Å². The molecule has 142 valence electrons. The van der Waals surface area contributed by atoms with Crippen LogP contribution in [0.3, 0.4) is 0 Å². The molecule has 1 amide bonds. The lowest BCUT2D eigenvalue weighted by atomic mass is 9.97. The molecular weight excluding hydrogens is 382 g/mol. The molecule has 0 unspecified atom stereocenters. The summed E-state index contributed by atoms with van der Waals surface area (Å²) in [6.07, 6.45) is 5.89. The lowest BCUT2D eigenvalue weighted by Gasteiger charge is -2.12. The number of thioether (sulfide) groups is 1. The Kier molecular flexibility index (Phi) is 5.10. The molecule has 1 N–H and O–H groups in total. The van der Waals surface area contributed by atoms with Gasteiger partial charge in [0.15, 0.2) is 5.16 Å². The van der Waals surface area contributed by atoms with Gasteiger partial charge in [0.2, 0.25) is 5.91 Å². The van der Waals surface area contributed by atoms with E-state index in [1.165, 1.54) is 28.6 Å². The van der Waals surface area contributed by atoms with Crippen molar-refractivity contribution in [3.8, 4) is 0 Å². The van der Waals surface area contributed by atoms with E-state index in [2.05, 4.69) is 10.3 Å². The number of aromatic nitrogens is 2. The molecular formula is C19H21N3O3S2. The van der Waals surface area contributed by atoms with Crippen LogP contribution in [-0.2, 0) is 24.7 Å². The minimum atomic E-state index is -0.198. The van der Waals surface area contributed by atoms with Crippen LogP contribution < -0.4 is 10.9 Å². The molecule has 0 spiro atoms. The molecule has 6 nitrogen and oxygen atoms in total. The van der Waals surface area contributed by atoms with Crippen molar-refractivity contribution in [2.24, 2.45) is 7.05 Å². The lowest BCUT2D eigenvalue weighted by Crippen LogP contribution is -2.28. The van der Waals surface area contributed by atoms with E-state index in [4.69, 9.17) is 4.42 Å². The molecule has 8 heteroatoms. The fraction of sp³-hybridized carbons (Fsp3) is 0.421. The minimum Gasteiger partial charge on any atom is -0.467 e. The SMILES string of the molecule is C[C@H](NC(=O)CSc1nc2sc3c(c2c(=O)n1C)CCCC3)c1ccco1. The maximum atomic E-state index is 12.9. The Morgan fingerprint density at radius 1 is 1.44 bits per heavy atom. The fourth-order valence-corrected chi connectivity index (χ4v) is 5.50. The molecule has 1 aliphatic carbocycles. The maximum Gasteiger partial charge on any atom is 0.262 e. The number of furan rings is 1. The van der Waals surface area contributed by atoms with Crippen molar-refractivity contribution in [3.05, 3.63) is 45.0 Å². The molecule has 3 aromatic heterocycles. The molecule has 0 aromatic carbocycles. The van der Waals surface area contributed by atoms with Crippen molar-refractivity contribution in [2.75, 3.05) is 5.75 Å². The highest BCUT2D eigenvalue weighted by Crippen LogP contribution is 2.34. The number of nitrogens with one attached hydrogen (secondary N) is 1. The number of hydrogen-bond donors (Lipinski definition) is 1. The monoisotopic (exact) mass is 403 g/mol. The number of thiophene rings is 1. The first-order valence-electron chi connectivity index (χ1n) is 9.01. The summed E-state index contributed by atoms with van der Waals surface area (Å²) in [7, 11) is 1.73. The van der Waals surface area contributed by atoms with Gasteiger partial charge in [-0.1, -0.05) is 11.8 Å². The van der Waals surface area contributed by atoms with Crippen LogP contribution >= 0.6 is 23.1 Å². The largest absolute Gasteiger partial charge is 0.467 e. The van der Waals surface area contributed by atoms with E-state index in [0.29, 0.717) is 10.9 Å². The summed E-state index contributed by atoms with van der Waals surface area (Å²) in [5.41, 5.74) is 1.18. The molecule has 0 bridgehead atoms. The van der Waals surface area contributed by atoms with E-state index >= 15 is 0 Å². The Bertz CT molecular complexity index is 1040. The fourth-order valence-electron chi connectivity index (χ4n) is 3.42. The van der Waals surface area contributed by atoms with Crippen molar-refractivity contribution in [2.45, 2.75) is 43.8 Å². The third-order valence-electron chi connectivity index (χ3n) is 4.84. The maximum absolute atomic E-state index is 12.9. The van der Waals surface area contributed by atoms with Gasteiger partial charge in [-0.2, -0.15) is 0 Å². The molecule has 27 heavy (non-hydrogen) atoms. The van der Waals surface area contributed by atoms with Gasteiger partial charge in [-0.25, -0.2) is 4.98 Å². The third kappa shape index (κ3) is 3.55. The quantitative estimate of drug-likeness (QED) is 0.522. The van der Waals surface area contributed by atoms with Crippen molar-refractivity contribution in [1.82, 2.24) is 14.9 Å². The molecule has 3 heterocycles. The van der Waals surface area contributed by atoms with E-state index in [1.54, 1.807) is 35.3 Å². The molecule has 4 rings (SSSR count). The summed E-state index contributed by atoms with van der Waals surface area (Å²) in [4.78, 5) is 31.9. The van der Waals surface area contributed by atoms with Crippen LogP contribution in [0.25, 0.3) is 10.2 Å². The smallest absolute Gasteiger partial charge is 0.262 e. The van der Waals surface area contributed by atoms with Crippen LogP contribution in [0, 0.1) is 0 Å². The van der Waals surface area contributed by atoms with Gasteiger partial charge >= 0.3 is 0 Å². The first-order chi connectivity index (χ1) is 13.0. The average Bonchev–Trinajstić information content (AvgIpc) is 3.31. The minimum absolute atomic E-state index is 0.00809. The molecule has 1 aliphatic rings. The zero-order valence-electron chi connectivity index (χ0n) is 15.3. The van der Waals surface area contributed by atoms with Gasteiger partial charge in [0.05, 0.1) is 23.4 Å². The second kappa shape index (κ2) is 7.52. The Balaban J connectivity index is 1.51. The second-order valence-corrected chi connectivity index (χ2v) is 8.77. The zero-order valence-corrected chi connectivity index (χ0v) is 16.9. The average molecular weight is 404 g/mol. The number of fused-ring (bicyclic) bond motifs is 3. The standard InChI is InChI=1S/C19H21N3O3S2/c1-11(13-7-5-9-25-13)20-15(23)10-26-19-21-17-16(18(24)22(19)2)12-6-3-4-8-14(12)27-17/h5,7,9,11H,3-4,6,8,10H2,1-2H3,(H,20,23)/t11-/m0/s1. The van der Waals surface area contributed by atoms with Crippen LogP contribution in [0.15, 0.2) is 32.8 Å². The van der Waals surface area contributed by atoms with Crippen LogP contribution in [0.4, 0.5) is 0 Å². The van der Waals surface area contributed by atoms with Gasteiger partial charge in [0.25, 0.3) is 5.56 Å². The van der Waals surface area contributed by atoms with Crippen LogP contribution in [0.2, 0.25) is 0 Å². The van der Waals surface area contributed by atoms with Crippen LogP contribution in [-0.4, -0.2) is 21.2 Å². The van der Waals surface area contributed by atoms with Gasteiger partial charge < -0.3 is 9.73 Å². The second-order valence-electron chi connectivity index (χ2n) is 6.74. The molecule has 1 atom stereocenters. The number of carbonyl (C=O) groups is 1. The van der Waals surface area contributed by atoms with Crippen molar-refractivity contribution in [3.63, 3.8) is 0 Å². The van der Waals surface area contributed by atoms with Gasteiger partial charge in [-0.05, 0) is 50.3 Å². The predicted octanol–water partition coefficient (Wildman–Crippen LogP) is 3.44. The third-order valence-corrected chi connectivity index (χ3v) is 7.05. The van der Waals surface area contributed by atoms with Crippen molar-refractivity contribution >= 4 is 39.2 Å². The van der Waals surface area contributed by atoms with E-state index in [0.717, 1.165) is 29.5 Å². The van der Waals surface area contributed by atoms with E-state index in [-0.39, 0.29) is 23.3 Å². The van der Waals surface area contributed by atoms with E-state index in [1.807, 2.05) is 13.0 Å². The van der Waals surface area contributed by atoms with Crippen molar-refractivity contribution in [1.29, 1.82) is 0 Å². The van der Waals surface area contributed by atoms with Gasteiger partial charge in [0.1, 0.15) is 10.6 Å². The highest BCUT2D eigenvalue weighted by molar-refractivity contribution is 7.99. The first kappa shape index (κ1) is 18.3. The predicted molar refractivity (Wildman–Crippen MR) is 107 cm³/mol. The molecule has 0 saturated carbocycles. The molecule has 0 saturated heterocycles. The summed E-state index contributed by atoms with van der Waals surface area (Å²) in [5.74, 6) is 0.787. The summed E-state index contributed by atoms with van der Waals surface area (Å²) >= 11 is 2.91. The van der Waals surface area contributed by atoms with Gasteiger partial charge in [-0.3, -0.25) is 14.2 Å². The molecule has 0 radical (unpaired) electrons. The molecule has 3 aromatic rings. The van der Waals surface area contributed by atoms with E-state index in [9.17, 15) is 9.59 Å².